The Kier molecular flexibility index (Phi) is 5.42. The van der Waals surface area contributed by atoms with Crippen LogP contribution in [0.25, 0.3) is 11.5 Å². The first kappa shape index (κ1) is 16.9. The molecule has 2 aromatic rings. The quantitative estimate of drug-likeness (QED) is 0.869. The van der Waals surface area contributed by atoms with Crippen LogP contribution in [0.3, 0.4) is 0 Å². The molecule has 3 heterocycles. The van der Waals surface area contributed by atoms with Crippen molar-refractivity contribution < 1.29 is 9.26 Å². The van der Waals surface area contributed by atoms with E-state index in [-0.39, 0.29) is 6.10 Å². The SMILES string of the molecule is Cc1noc(-c2cccnc2NC[C@@H]2CN(CC(C)C)CCO2)n1. The molecule has 0 spiro atoms. The molecule has 0 aromatic carbocycles. The number of nitrogens with one attached hydrogen (secondary N) is 1. The molecule has 0 unspecified atom stereocenters. The number of rotatable bonds is 6. The lowest BCUT2D eigenvalue weighted by molar-refractivity contribution is -0.0244. The maximum atomic E-state index is 5.88. The third-order valence-electron chi connectivity index (χ3n) is 3.91. The number of aryl methyl sites for hydroxylation is 1. The van der Waals surface area contributed by atoms with E-state index in [2.05, 4.69) is 39.2 Å². The lowest BCUT2D eigenvalue weighted by Gasteiger charge is -2.34. The minimum absolute atomic E-state index is 0.150. The highest BCUT2D eigenvalue weighted by molar-refractivity contribution is 5.68. The molecule has 1 aliphatic heterocycles. The van der Waals surface area contributed by atoms with Crippen LogP contribution in [0.1, 0.15) is 19.7 Å². The third kappa shape index (κ3) is 4.30. The molecule has 0 saturated carbocycles. The summed E-state index contributed by atoms with van der Waals surface area (Å²) in [6.07, 6.45) is 1.90. The number of aromatic nitrogens is 3. The Labute approximate surface area is 142 Å². The predicted octanol–water partition coefficient (Wildman–Crippen LogP) is 2.21. The lowest BCUT2D eigenvalue weighted by Crippen LogP contribution is -2.46. The zero-order valence-corrected chi connectivity index (χ0v) is 14.5. The number of nitrogens with zero attached hydrogens (tertiary/aromatic N) is 4. The van der Waals surface area contributed by atoms with Crippen LogP contribution in [0.15, 0.2) is 22.9 Å². The Morgan fingerprint density at radius 1 is 1.42 bits per heavy atom. The molecule has 0 amide bonds. The molecule has 1 aliphatic rings. The van der Waals surface area contributed by atoms with Gasteiger partial charge < -0.3 is 14.6 Å². The van der Waals surface area contributed by atoms with Gasteiger partial charge in [0.05, 0.1) is 18.3 Å². The summed E-state index contributed by atoms with van der Waals surface area (Å²) >= 11 is 0. The van der Waals surface area contributed by atoms with Gasteiger partial charge in [-0.3, -0.25) is 4.90 Å². The number of morpholine rings is 1. The number of anilines is 1. The van der Waals surface area contributed by atoms with E-state index in [0.717, 1.165) is 37.6 Å². The molecule has 1 N–H and O–H groups in total. The van der Waals surface area contributed by atoms with E-state index in [4.69, 9.17) is 9.26 Å². The Balaban J connectivity index is 1.63. The van der Waals surface area contributed by atoms with Crippen molar-refractivity contribution in [2.24, 2.45) is 5.92 Å². The Morgan fingerprint density at radius 3 is 3.04 bits per heavy atom. The van der Waals surface area contributed by atoms with Gasteiger partial charge in [-0.15, -0.1) is 0 Å². The normalized spacial score (nSPS) is 18.9. The highest BCUT2D eigenvalue weighted by atomic mass is 16.5. The number of hydrogen-bond acceptors (Lipinski definition) is 7. The average molecular weight is 331 g/mol. The van der Waals surface area contributed by atoms with Crippen molar-refractivity contribution in [3.63, 3.8) is 0 Å². The molecule has 7 nitrogen and oxygen atoms in total. The van der Waals surface area contributed by atoms with Crippen molar-refractivity contribution in [3.05, 3.63) is 24.2 Å². The van der Waals surface area contributed by atoms with E-state index in [1.165, 1.54) is 0 Å². The van der Waals surface area contributed by atoms with E-state index >= 15 is 0 Å². The van der Waals surface area contributed by atoms with Crippen molar-refractivity contribution in [1.29, 1.82) is 0 Å². The second-order valence-electron chi connectivity index (χ2n) is 6.57. The van der Waals surface area contributed by atoms with E-state index in [1.54, 1.807) is 13.1 Å². The van der Waals surface area contributed by atoms with Crippen molar-refractivity contribution in [2.75, 3.05) is 38.1 Å². The van der Waals surface area contributed by atoms with Gasteiger partial charge in [-0.25, -0.2) is 4.98 Å². The van der Waals surface area contributed by atoms with Gasteiger partial charge in [-0.1, -0.05) is 19.0 Å². The van der Waals surface area contributed by atoms with Gasteiger partial charge in [0.1, 0.15) is 5.82 Å². The standard InChI is InChI=1S/C17H25N5O2/c1-12(2)10-22-7-8-23-14(11-22)9-19-16-15(5-4-6-18-16)17-20-13(3)21-24-17/h4-6,12,14H,7-11H2,1-3H3,(H,18,19)/t14-/m1/s1. The Hall–Kier alpha value is -1.99. The molecule has 0 aliphatic carbocycles. The van der Waals surface area contributed by atoms with Gasteiger partial charge in [-0.2, -0.15) is 4.98 Å². The van der Waals surface area contributed by atoms with Gasteiger partial charge in [0.2, 0.25) is 0 Å². The maximum Gasteiger partial charge on any atom is 0.261 e. The average Bonchev–Trinajstić information content (AvgIpc) is 2.99. The van der Waals surface area contributed by atoms with Gasteiger partial charge in [-0.05, 0) is 25.0 Å². The van der Waals surface area contributed by atoms with Crippen LogP contribution in [0, 0.1) is 12.8 Å². The molecule has 3 rings (SSSR count). The molecule has 1 saturated heterocycles. The fourth-order valence-corrected chi connectivity index (χ4v) is 2.92. The van der Waals surface area contributed by atoms with Crippen LogP contribution in [-0.4, -0.2) is 58.9 Å². The lowest BCUT2D eigenvalue weighted by atomic mass is 10.1. The van der Waals surface area contributed by atoms with Crippen molar-refractivity contribution in [3.8, 4) is 11.5 Å². The maximum absolute atomic E-state index is 5.88. The van der Waals surface area contributed by atoms with Crippen molar-refractivity contribution in [2.45, 2.75) is 26.9 Å². The summed E-state index contributed by atoms with van der Waals surface area (Å²) in [5.41, 5.74) is 0.813. The number of hydrogen-bond donors (Lipinski definition) is 1. The molecule has 7 heteroatoms. The van der Waals surface area contributed by atoms with Crippen LogP contribution in [0.2, 0.25) is 0 Å². The Morgan fingerprint density at radius 2 is 2.29 bits per heavy atom. The van der Waals surface area contributed by atoms with E-state index in [0.29, 0.717) is 24.2 Å². The van der Waals surface area contributed by atoms with Gasteiger partial charge in [0.25, 0.3) is 5.89 Å². The third-order valence-corrected chi connectivity index (χ3v) is 3.91. The van der Waals surface area contributed by atoms with Gasteiger partial charge in [0.15, 0.2) is 5.82 Å². The molecule has 2 aromatic heterocycles. The first-order chi connectivity index (χ1) is 11.6. The van der Waals surface area contributed by atoms with Crippen LogP contribution in [0.5, 0.6) is 0 Å². The second-order valence-corrected chi connectivity index (χ2v) is 6.57. The van der Waals surface area contributed by atoms with Crippen LogP contribution in [-0.2, 0) is 4.74 Å². The molecule has 24 heavy (non-hydrogen) atoms. The predicted molar refractivity (Wildman–Crippen MR) is 91.8 cm³/mol. The zero-order valence-electron chi connectivity index (χ0n) is 14.5. The first-order valence-corrected chi connectivity index (χ1v) is 8.45. The number of ether oxygens (including phenoxy) is 1. The monoisotopic (exact) mass is 331 g/mol. The summed E-state index contributed by atoms with van der Waals surface area (Å²) in [6, 6.07) is 3.79. The first-order valence-electron chi connectivity index (χ1n) is 8.45. The highest BCUT2D eigenvalue weighted by Crippen LogP contribution is 2.24. The fraction of sp³-hybridized carbons (Fsp3) is 0.588. The van der Waals surface area contributed by atoms with E-state index < -0.39 is 0 Å². The minimum Gasteiger partial charge on any atom is -0.374 e. The number of pyridine rings is 1. The Bertz CT molecular complexity index is 658. The minimum atomic E-state index is 0.150. The van der Waals surface area contributed by atoms with Crippen LogP contribution < -0.4 is 5.32 Å². The summed E-state index contributed by atoms with van der Waals surface area (Å²) < 4.78 is 11.1. The summed E-state index contributed by atoms with van der Waals surface area (Å²) in [5, 5.41) is 7.22. The molecule has 1 fully saturated rings. The topological polar surface area (TPSA) is 76.3 Å². The highest BCUT2D eigenvalue weighted by Gasteiger charge is 2.21. The fourth-order valence-electron chi connectivity index (χ4n) is 2.92. The summed E-state index contributed by atoms with van der Waals surface area (Å²) in [5.74, 6) is 2.50. The van der Waals surface area contributed by atoms with Crippen molar-refractivity contribution >= 4 is 5.82 Å². The van der Waals surface area contributed by atoms with E-state index in [9.17, 15) is 0 Å². The molecule has 1 atom stereocenters. The molecule has 0 radical (unpaired) electrons. The largest absolute Gasteiger partial charge is 0.374 e. The molecular weight excluding hydrogens is 306 g/mol. The molecule has 0 bridgehead atoms. The summed E-state index contributed by atoms with van der Waals surface area (Å²) in [7, 11) is 0. The van der Waals surface area contributed by atoms with Gasteiger partial charge >= 0.3 is 0 Å². The van der Waals surface area contributed by atoms with E-state index in [1.807, 2.05) is 12.1 Å². The molecule has 130 valence electrons. The second kappa shape index (κ2) is 7.72. The van der Waals surface area contributed by atoms with Gasteiger partial charge in [0, 0.05) is 32.4 Å². The molecular formula is C17H25N5O2. The van der Waals surface area contributed by atoms with Crippen LogP contribution in [0.4, 0.5) is 5.82 Å². The zero-order chi connectivity index (χ0) is 16.9. The van der Waals surface area contributed by atoms with Crippen molar-refractivity contribution in [1.82, 2.24) is 20.0 Å². The van der Waals surface area contributed by atoms with Crippen LogP contribution >= 0.6 is 0 Å². The summed E-state index contributed by atoms with van der Waals surface area (Å²) in [4.78, 5) is 11.2. The smallest absolute Gasteiger partial charge is 0.261 e. The summed E-state index contributed by atoms with van der Waals surface area (Å²) in [6.45, 7) is 10.8.